The van der Waals surface area contributed by atoms with E-state index >= 15 is 0 Å². The van der Waals surface area contributed by atoms with E-state index in [2.05, 4.69) is 10.3 Å². The van der Waals surface area contributed by atoms with E-state index in [9.17, 15) is 9.18 Å². The van der Waals surface area contributed by atoms with Gasteiger partial charge in [-0.2, -0.15) is 0 Å². The second-order valence-electron chi connectivity index (χ2n) is 7.77. The molecular formula is C24H25FN2O2. The van der Waals surface area contributed by atoms with E-state index in [1.165, 1.54) is 12.1 Å². The van der Waals surface area contributed by atoms with Gasteiger partial charge >= 0.3 is 0 Å². The Kier molecular flexibility index (Phi) is 5.74. The van der Waals surface area contributed by atoms with Crippen molar-refractivity contribution in [1.82, 2.24) is 4.98 Å². The van der Waals surface area contributed by atoms with Crippen LogP contribution in [0.15, 0.2) is 60.8 Å². The van der Waals surface area contributed by atoms with Gasteiger partial charge in [-0.1, -0.05) is 19.1 Å². The average Bonchev–Trinajstić information content (AvgIpc) is 2.75. The maximum absolute atomic E-state index is 13.0. The number of hydrogen-bond acceptors (Lipinski definition) is 3. The van der Waals surface area contributed by atoms with E-state index < -0.39 is 0 Å². The fourth-order valence-electron chi connectivity index (χ4n) is 4.06. The summed E-state index contributed by atoms with van der Waals surface area (Å²) in [5, 5.41) is 3.93. The number of benzene rings is 2. The number of ether oxygens (including phenoxy) is 1. The van der Waals surface area contributed by atoms with Crippen molar-refractivity contribution < 1.29 is 13.9 Å². The molecule has 0 spiro atoms. The number of carbonyl (C=O) groups excluding carboxylic acids is 1. The van der Waals surface area contributed by atoms with Gasteiger partial charge in [0.1, 0.15) is 11.6 Å². The molecule has 4 nitrogen and oxygen atoms in total. The number of fused-ring (bicyclic) bond motifs is 1. The lowest BCUT2D eigenvalue weighted by molar-refractivity contribution is -0.121. The second-order valence-corrected chi connectivity index (χ2v) is 7.77. The molecule has 1 amide bonds. The van der Waals surface area contributed by atoms with Gasteiger partial charge in [-0.25, -0.2) is 4.39 Å². The predicted octanol–water partition coefficient (Wildman–Crippen LogP) is 5.59. The van der Waals surface area contributed by atoms with Gasteiger partial charge in [0.2, 0.25) is 5.91 Å². The maximum Gasteiger partial charge on any atom is 0.227 e. The lowest BCUT2D eigenvalue weighted by Crippen LogP contribution is -2.32. The highest BCUT2D eigenvalue weighted by Crippen LogP contribution is 2.34. The highest BCUT2D eigenvalue weighted by atomic mass is 19.1. The molecule has 1 saturated carbocycles. The van der Waals surface area contributed by atoms with Crippen LogP contribution >= 0.6 is 0 Å². The third kappa shape index (κ3) is 4.56. The quantitative estimate of drug-likeness (QED) is 0.616. The summed E-state index contributed by atoms with van der Waals surface area (Å²) >= 11 is 0. The van der Waals surface area contributed by atoms with Gasteiger partial charge in [0, 0.05) is 23.2 Å². The van der Waals surface area contributed by atoms with Gasteiger partial charge in [-0.05, 0) is 74.1 Å². The summed E-state index contributed by atoms with van der Waals surface area (Å²) in [6.45, 7) is 1.97. The maximum atomic E-state index is 13.0. The first kappa shape index (κ1) is 19.4. The molecule has 1 N–H and O–H groups in total. The standard InChI is InChI=1S/C24H25FN2O2/c1-16(24(28)27-19-10-8-18(25)9-11-19)17-6-12-20(13-7-17)29-23-14-15-26-22-5-3-2-4-21(22)23/h2-5,8-11,14-17,20H,6-7,12-13H2,1H3,(H,27,28). The number of pyridine rings is 1. The van der Waals surface area contributed by atoms with Crippen LogP contribution < -0.4 is 10.1 Å². The molecule has 1 aliphatic rings. The minimum atomic E-state index is -0.309. The predicted molar refractivity (Wildman–Crippen MR) is 112 cm³/mol. The second kappa shape index (κ2) is 8.60. The number of anilines is 1. The van der Waals surface area contributed by atoms with Crippen LogP contribution in [0.3, 0.4) is 0 Å². The molecule has 150 valence electrons. The molecule has 1 unspecified atom stereocenters. The molecule has 5 heteroatoms. The number of nitrogens with one attached hydrogen (secondary N) is 1. The summed E-state index contributed by atoms with van der Waals surface area (Å²) in [5.74, 6) is 0.783. The average molecular weight is 392 g/mol. The normalized spacial score (nSPS) is 20.2. The zero-order valence-corrected chi connectivity index (χ0v) is 16.5. The first-order chi connectivity index (χ1) is 14.1. The highest BCUT2D eigenvalue weighted by molar-refractivity contribution is 5.92. The molecule has 0 radical (unpaired) electrons. The Labute approximate surface area is 170 Å². The van der Waals surface area contributed by atoms with Crippen LogP contribution in [0.4, 0.5) is 10.1 Å². The van der Waals surface area contributed by atoms with Crippen molar-refractivity contribution in [1.29, 1.82) is 0 Å². The molecule has 1 fully saturated rings. The van der Waals surface area contributed by atoms with Gasteiger partial charge in [0.15, 0.2) is 0 Å². The van der Waals surface area contributed by atoms with Crippen molar-refractivity contribution >= 4 is 22.5 Å². The Hall–Kier alpha value is -2.95. The number of aromatic nitrogens is 1. The monoisotopic (exact) mass is 392 g/mol. The molecule has 29 heavy (non-hydrogen) atoms. The van der Waals surface area contributed by atoms with E-state index in [1.807, 2.05) is 37.3 Å². The number of amides is 1. The molecule has 1 aromatic heterocycles. The summed E-state index contributed by atoms with van der Waals surface area (Å²) in [6.07, 6.45) is 5.69. The number of para-hydroxylation sites is 1. The van der Waals surface area contributed by atoms with Crippen LogP contribution in [0.2, 0.25) is 0 Å². The van der Waals surface area contributed by atoms with Gasteiger partial charge < -0.3 is 10.1 Å². The lowest BCUT2D eigenvalue weighted by atomic mass is 9.79. The van der Waals surface area contributed by atoms with E-state index in [0.717, 1.165) is 42.3 Å². The Morgan fingerprint density at radius 2 is 1.79 bits per heavy atom. The van der Waals surface area contributed by atoms with E-state index in [-0.39, 0.29) is 23.7 Å². The summed E-state index contributed by atoms with van der Waals surface area (Å²) in [4.78, 5) is 17.0. The summed E-state index contributed by atoms with van der Waals surface area (Å²) in [7, 11) is 0. The number of hydrogen-bond donors (Lipinski definition) is 1. The van der Waals surface area contributed by atoms with Crippen molar-refractivity contribution in [2.75, 3.05) is 5.32 Å². The molecule has 1 aliphatic carbocycles. The molecule has 1 atom stereocenters. The molecular weight excluding hydrogens is 367 g/mol. The van der Waals surface area contributed by atoms with Crippen LogP contribution in [0.25, 0.3) is 10.9 Å². The molecule has 1 heterocycles. The third-order valence-electron chi connectivity index (χ3n) is 5.85. The van der Waals surface area contributed by atoms with Crippen molar-refractivity contribution in [2.24, 2.45) is 11.8 Å². The topological polar surface area (TPSA) is 51.2 Å². The Bertz CT molecular complexity index is 976. The Morgan fingerprint density at radius 3 is 2.55 bits per heavy atom. The Balaban J connectivity index is 1.32. The molecule has 0 aliphatic heterocycles. The molecule has 0 bridgehead atoms. The third-order valence-corrected chi connectivity index (χ3v) is 5.85. The summed E-state index contributed by atoms with van der Waals surface area (Å²) in [5.41, 5.74) is 1.56. The lowest BCUT2D eigenvalue weighted by Gasteiger charge is -2.32. The molecule has 2 aromatic carbocycles. The van der Waals surface area contributed by atoms with E-state index in [0.29, 0.717) is 11.6 Å². The zero-order valence-electron chi connectivity index (χ0n) is 16.5. The summed E-state index contributed by atoms with van der Waals surface area (Å²) in [6, 6.07) is 15.8. The van der Waals surface area contributed by atoms with Crippen molar-refractivity contribution in [3.8, 4) is 5.75 Å². The minimum Gasteiger partial charge on any atom is -0.490 e. The SMILES string of the molecule is CC(C(=O)Nc1ccc(F)cc1)C1CCC(Oc2ccnc3ccccc23)CC1. The van der Waals surface area contributed by atoms with Crippen molar-refractivity contribution in [2.45, 2.75) is 38.7 Å². The minimum absolute atomic E-state index is 0.0129. The fraction of sp³-hybridized carbons (Fsp3) is 0.333. The fourth-order valence-corrected chi connectivity index (χ4v) is 4.06. The zero-order chi connectivity index (χ0) is 20.2. The largest absolute Gasteiger partial charge is 0.490 e. The molecule has 4 rings (SSSR count). The smallest absolute Gasteiger partial charge is 0.227 e. The molecule has 0 saturated heterocycles. The van der Waals surface area contributed by atoms with Crippen molar-refractivity contribution in [3.63, 3.8) is 0 Å². The van der Waals surface area contributed by atoms with Crippen LogP contribution in [-0.2, 0) is 4.79 Å². The van der Waals surface area contributed by atoms with Crippen LogP contribution in [0.1, 0.15) is 32.6 Å². The first-order valence-corrected chi connectivity index (χ1v) is 10.2. The van der Waals surface area contributed by atoms with Gasteiger partial charge in [0.25, 0.3) is 0 Å². The van der Waals surface area contributed by atoms with Crippen LogP contribution in [0.5, 0.6) is 5.75 Å². The highest BCUT2D eigenvalue weighted by Gasteiger charge is 2.30. The van der Waals surface area contributed by atoms with Gasteiger partial charge in [-0.3, -0.25) is 9.78 Å². The van der Waals surface area contributed by atoms with Gasteiger partial charge in [0.05, 0.1) is 11.6 Å². The number of carbonyl (C=O) groups is 1. The van der Waals surface area contributed by atoms with Crippen LogP contribution in [0, 0.1) is 17.7 Å². The number of halogens is 1. The first-order valence-electron chi connectivity index (χ1n) is 10.2. The summed E-state index contributed by atoms with van der Waals surface area (Å²) < 4.78 is 19.3. The van der Waals surface area contributed by atoms with Gasteiger partial charge in [-0.15, -0.1) is 0 Å². The van der Waals surface area contributed by atoms with E-state index in [4.69, 9.17) is 4.74 Å². The Morgan fingerprint density at radius 1 is 1.07 bits per heavy atom. The number of nitrogens with zero attached hydrogens (tertiary/aromatic N) is 1. The van der Waals surface area contributed by atoms with E-state index in [1.54, 1.807) is 18.3 Å². The van der Waals surface area contributed by atoms with Crippen LogP contribution in [-0.4, -0.2) is 17.0 Å². The molecule has 3 aromatic rings. The number of rotatable bonds is 5. The van der Waals surface area contributed by atoms with Crippen molar-refractivity contribution in [3.05, 3.63) is 66.6 Å².